The third-order valence-corrected chi connectivity index (χ3v) is 2.48. The van der Waals surface area contributed by atoms with Gasteiger partial charge in [0.05, 0.1) is 11.9 Å². The van der Waals surface area contributed by atoms with Crippen LogP contribution >= 0.6 is 0 Å². The number of hydrogen-bond acceptors (Lipinski definition) is 3. The van der Waals surface area contributed by atoms with E-state index in [1.165, 1.54) is 0 Å². The van der Waals surface area contributed by atoms with Crippen LogP contribution in [0.3, 0.4) is 0 Å². The normalized spacial score (nSPS) is 26.3. The summed E-state index contributed by atoms with van der Waals surface area (Å²) in [5.74, 6) is 0.247. The zero-order chi connectivity index (χ0) is 11.4. The van der Waals surface area contributed by atoms with Crippen LogP contribution in [0.5, 0.6) is 0 Å². The summed E-state index contributed by atoms with van der Waals surface area (Å²) in [6.07, 6.45) is 3.17. The Morgan fingerprint density at radius 2 is 2.40 bits per heavy atom. The molecule has 0 aromatic rings. The number of allylic oxidation sites excluding steroid dienone is 1. The summed E-state index contributed by atoms with van der Waals surface area (Å²) in [7, 11) is 0. The lowest BCUT2D eigenvalue weighted by Crippen LogP contribution is -2.30. The highest BCUT2D eigenvalue weighted by molar-refractivity contribution is 5.77. The molecule has 1 aliphatic carbocycles. The van der Waals surface area contributed by atoms with Gasteiger partial charge in [-0.15, -0.1) is 0 Å². The lowest BCUT2D eigenvalue weighted by molar-refractivity contribution is -0.122. The van der Waals surface area contributed by atoms with Gasteiger partial charge in [-0.2, -0.15) is 0 Å². The number of primary amides is 1. The second-order valence-corrected chi connectivity index (χ2v) is 4.28. The molecule has 4 nitrogen and oxygen atoms in total. The summed E-state index contributed by atoms with van der Waals surface area (Å²) < 4.78 is 5.55. The van der Waals surface area contributed by atoms with Crippen LogP contribution in [-0.4, -0.2) is 23.7 Å². The van der Waals surface area contributed by atoms with Crippen LogP contribution in [0.15, 0.2) is 11.8 Å². The van der Waals surface area contributed by atoms with Crippen LogP contribution < -0.4 is 5.73 Å². The van der Waals surface area contributed by atoms with Gasteiger partial charge in [-0.25, -0.2) is 0 Å². The van der Waals surface area contributed by atoms with E-state index in [1.54, 1.807) is 0 Å². The van der Waals surface area contributed by atoms with Crippen molar-refractivity contribution in [3.8, 4) is 0 Å². The number of ether oxygens (including phenoxy) is 1. The highest BCUT2D eigenvalue weighted by Gasteiger charge is 2.27. The molecule has 1 aliphatic rings. The fraction of sp³-hybridized carbons (Fsp3) is 0.727. The monoisotopic (exact) mass is 213 g/mol. The van der Waals surface area contributed by atoms with Gasteiger partial charge in [-0.3, -0.25) is 4.79 Å². The molecule has 1 rings (SSSR count). The second-order valence-electron chi connectivity index (χ2n) is 4.28. The summed E-state index contributed by atoms with van der Waals surface area (Å²) in [4.78, 5) is 11.1. The van der Waals surface area contributed by atoms with E-state index in [9.17, 15) is 4.79 Å². The van der Waals surface area contributed by atoms with Crippen molar-refractivity contribution < 1.29 is 14.6 Å². The van der Waals surface area contributed by atoms with Gasteiger partial charge in [-0.1, -0.05) is 0 Å². The van der Waals surface area contributed by atoms with Gasteiger partial charge in [0.15, 0.2) is 0 Å². The molecule has 0 saturated carbocycles. The maximum absolute atomic E-state index is 11.1. The Kier molecular flexibility index (Phi) is 4.15. The molecule has 3 N–H and O–H groups in total. The van der Waals surface area contributed by atoms with E-state index < -0.39 is 0 Å². The number of aliphatic hydroxyl groups excluding tert-OH is 1. The van der Waals surface area contributed by atoms with Gasteiger partial charge in [0.2, 0.25) is 5.91 Å². The van der Waals surface area contributed by atoms with E-state index in [-0.39, 0.29) is 30.5 Å². The highest BCUT2D eigenvalue weighted by Crippen LogP contribution is 2.29. The Morgan fingerprint density at radius 3 is 2.87 bits per heavy atom. The zero-order valence-electron chi connectivity index (χ0n) is 9.27. The predicted molar refractivity (Wildman–Crippen MR) is 56.8 cm³/mol. The third-order valence-electron chi connectivity index (χ3n) is 2.48. The van der Waals surface area contributed by atoms with Gasteiger partial charge in [-0.05, 0) is 26.3 Å². The summed E-state index contributed by atoms with van der Waals surface area (Å²) in [6.45, 7) is 3.90. The molecule has 0 bridgehead atoms. The number of hydrogen-bond donors (Lipinski definition) is 2. The smallest absolute Gasteiger partial charge is 0.221 e. The molecule has 0 fully saturated rings. The fourth-order valence-electron chi connectivity index (χ4n) is 1.82. The molecule has 0 aromatic carbocycles. The van der Waals surface area contributed by atoms with Crippen molar-refractivity contribution in [3.05, 3.63) is 11.8 Å². The Labute approximate surface area is 90.1 Å². The van der Waals surface area contributed by atoms with Crippen molar-refractivity contribution in [1.29, 1.82) is 0 Å². The van der Waals surface area contributed by atoms with Crippen molar-refractivity contribution in [2.75, 3.05) is 6.61 Å². The first-order valence-electron chi connectivity index (χ1n) is 5.30. The van der Waals surface area contributed by atoms with Crippen LogP contribution in [0.1, 0.15) is 26.7 Å². The molecule has 0 aliphatic heterocycles. The van der Waals surface area contributed by atoms with Gasteiger partial charge < -0.3 is 15.6 Å². The molecule has 2 atom stereocenters. The van der Waals surface area contributed by atoms with Crippen molar-refractivity contribution in [3.63, 3.8) is 0 Å². The first-order chi connectivity index (χ1) is 7.02. The molecule has 0 aromatic heterocycles. The maximum Gasteiger partial charge on any atom is 0.221 e. The third kappa shape index (κ3) is 3.55. The van der Waals surface area contributed by atoms with E-state index >= 15 is 0 Å². The van der Waals surface area contributed by atoms with Gasteiger partial charge in [0.1, 0.15) is 0 Å². The lowest BCUT2D eigenvalue weighted by Gasteiger charge is -2.26. The predicted octanol–water partition coefficient (Wildman–Crippen LogP) is 0.799. The Bertz CT molecular complexity index is 261. The molecular formula is C11H19NO3. The number of nitrogens with two attached hydrogens (primary N) is 1. The van der Waals surface area contributed by atoms with Gasteiger partial charge in [0.25, 0.3) is 0 Å². The van der Waals surface area contributed by atoms with E-state index in [4.69, 9.17) is 15.6 Å². The quantitative estimate of drug-likeness (QED) is 0.725. The van der Waals surface area contributed by atoms with Crippen molar-refractivity contribution in [2.24, 2.45) is 17.6 Å². The van der Waals surface area contributed by atoms with E-state index in [0.717, 1.165) is 5.76 Å². The van der Waals surface area contributed by atoms with Crippen molar-refractivity contribution in [2.45, 2.75) is 32.8 Å². The second kappa shape index (κ2) is 5.16. The molecule has 0 radical (unpaired) electrons. The minimum atomic E-state index is -0.314. The minimum absolute atomic E-state index is 0.00926. The summed E-state index contributed by atoms with van der Waals surface area (Å²) in [6, 6.07) is 0. The lowest BCUT2D eigenvalue weighted by atomic mass is 9.85. The number of carbonyl (C=O) groups is 1. The standard InChI is InChI=1S/C11H19NO3/c1-7(2)15-10-4-8(6-13)3-9(5-10)11(12)14/h4,7-9,13H,3,5-6H2,1-2H3,(H2,12,14). The highest BCUT2D eigenvalue weighted by atomic mass is 16.5. The molecule has 0 heterocycles. The molecule has 2 unspecified atom stereocenters. The molecule has 0 saturated heterocycles. The number of rotatable bonds is 4. The SMILES string of the molecule is CC(C)OC1=CC(CO)CC(C(N)=O)C1. The van der Waals surface area contributed by atoms with E-state index in [2.05, 4.69) is 0 Å². The summed E-state index contributed by atoms with van der Waals surface area (Å²) in [5.41, 5.74) is 5.27. The average Bonchev–Trinajstić information content (AvgIpc) is 2.16. The van der Waals surface area contributed by atoms with Crippen LogP contribution in [0.4, 0.5) is 0 Å². The zero-order valence-corrected chi connectivity index (χ0v) is 9.27. The number of amides is 1. The number of aliphatic hydroxyl groups is 1. The summed E-state index contributed by atoms with van der Waals surface area (Å²) >= 11 is 0. The fourth-order valence-corrected chi connectivity index (χ4v) is 1.82. The maximum atomic E-state index is 11.1. The molecule has 86 valence electrons. The average molecular weight is 213 g/mol. The molecule has 0 spiro atoms. The topological polar surface area (TPSA) is 72.6 Å². The number of carbonyl (C=O) groups excluding carboxylic acids is 1. The van der Waals surface area contributed by atoms with Crippen LogP contribution in [0, 0.1) is 11.8 Å². The van der Waals surface area contributed by atoms with Crippen LogP contribution in [0.25, 0.3) is 0 Å². The Hall–Kier alpha value is -1.03. The van der Waals surface area contributed by atoms with Gasteiger partial charge >= 0.3 is 0 Å². The van der Waals surface area contributed by atoms with Crippen LogP contribution in [0.2, 0.25) is 0 Å². The largest absolute Gasteiger partial charge is 0.496 e. The van der Waals surface area contributed by atoms with Crippen LogP contribution in [-0.2, 0) is 9.53 Å². The molecular weight excluding hydrogens is 194 g/mol. The molecule has 15 heavy (non-hydrogen) atoms. The van der Waals surface area contributed by atoms with Gasteiger partial charge in [0, 0.05) is 24.9 Å². The molecule has 4 heteroatoms. The summed E-state index contributed by atoms with van der Waals surface area (Å²) in [5, 5.41) is 9.09. The Morgan fingerprint density at radius 1 is 1.73 bits per heavy atom. The van der Waals surface area contributed by atoms with Crippen molar-refractivity contribution >= 4 is 5.91 Å². The first kappa shape index (κ1) is 12.0. The van der Waals surface area contributed by atoms with Crippen molar-refractivity contribution in [1.82, 2.24) is 0 Å². The van der Waals surface area contributed by atoms with E-state index in [1.807, 2.05) is 19.9 Å². The molecule has 1 amide bonds. The van der Waals surface area contributed by atoms with E-state index in [0.29, 0.717) is 12.8 Å². The first-order valence-corrected chi connectivity index (χ1v) is 5.30. The minimum Gasteiger partial charge on any atom is -0.496 e. The Balaban J connectivity index is 2.69.